The largest absolute Gasteiger partial charge is 0.462 e. The van der Waals surface area contributed by atoms with Gasteiger partial charge in [0.15, 0.2) is 0 Å². The van der Waals surface area contributed by atoms with E-state index in [0.717, 1.165) is 96.3 Å². The summed E-state index contributed by atoms with van der Waals surface area (Å²) in [5.41, 5.74) is 0. The summed E-state index contributed by atoms with van der Waals surface area (Å²) in [4.78, 5) is 26.2. The second-order valence-corrected chi connectivity index (χ2v) is 18.6. The Morgan fingerprint density at radius 2 is 0.783 bits per heavy atom. The first-order valence-electron chi connectivity index (χ1n) is 28.3. The van der Waals surface area contributed by atoms with E-state index in [1.54, 1.807) is 0 Å². The molecule has 0 radical (unpaired) electrons. The van der Waals surface area contributed by atoms with Crippen molar-refractivity contribution < 1.29 is 24.5 Å². The number of aliphatic hydroxyl groups excluding tert-OH is 2. The van der Waals surface area contributed by atoms with Gasteiger partial charge in [-0.15, -0.1) is 0 Å². The minimum Gasteiger partial charge on any atom is -0.462 e. The van der Waals surface area contributed by atoms with Crippen LogP contribution in [0.1, 0.15) is 239 Å². The third kappa shape index (κ3) is 50.5. The van der Waals surface area contributed by atoms with Crippen LogP contribution in [0.5, 0.6) is 0 Å². The molecule has 0 rings (SSSR count). The molecule has 0 saturated heterocycles. The first kappa shape index (κ1) is 65.3. The summed E-state index contributed by atoms with van der Waals surface area (Å²) in [6.45, 7) is 6.23. The SMILES string of the molecule is CC/C=C\C/C=C\C/C=C\C/C=C\C/C=C\CCCC(CC(=O)NC(CO)C(O)CCCCCCCCCCCCCCCCCCC)OC(=O)CC/C=C/C/C=C/C/C=C/C/C=C/C/C=C/CC. The topological polar surface area (TPSA) is 95.9 Å². The fourth-order valence-electron chi connectivity index (χ4n) is 7.86. The highest BCUT2D eigenvalue weighted by Crippen LogP contribution is 2.17. The van der Waals surface area contributed by atoms with Crippen molar-refractivity contribution in [1.29, 1.82) is 0 Å². The number of rotatable bonds is 49. The number of carbonyl (C=O) groups is 2. The van der Waals surface area contributed by atoms with Crippen molar-refractivity contribution in [3.63, 3.8) is 0 Å². The van der Waals surface area contributed by atoms with Gasteiger partial charge in [0.25, 0.3) is 0 Å². The molecule has 1 amide bonds. The number of carbonyl (C=O) groups excluding carboxylic acids is 2. The average Bonchev–Trinajstić information content (AvgIpc) is 3.34. The van der Waals surface area contributed by atoms with Gasteiger partial charge in [-0.3, -0.25) is 9.59 Å². The van der Waals surface area contributed by atoms with Gasteiger partial charge in [-0.25, -0.2) is 0 Å². The van der Waals surface area contributed by atoms with Crippen LogP contribution in [0.15, 0.2) is 122 Å². The summed E-state index contributed by atoms with van der Waals surface area (Å²) in [5, 5.41) is 23.9. The molecule has 0 aromatic carbocycles. The minimum atomic E-state index is -0.824. The van der Waals surface area contributed by atoms with Crippen LogP contribution in [-0.2, 0) is 14.3 Å². The Bertz CT molecular complexity index is 1440. The molecule has 69 heavy (non-hydrogen) atoms. The molecule has 3 N–H and O–H groups in total. The van der Waals surface area contributed by atoms with E-state index in [2.05, 4.69) is 142 Å². The van der Waals surface area contributed by atoms with E-state index in [4.69, 9.17) is 4.74 Å². The molecular weight excluding hydrogens is 851 g/mol. The highest BCUT2D eigenvalue weighted by molar-refractivity contribution is 5.77. The summed E-state index contributed by atoms with van der Waals surface area (Å²) in [6.07, 6.45) is 77.0. The second-order valence-electron chi connectivity index (χ2n) is 18.6. The molecular formula is C63H105NO5. The van der Waals surface area contributed by atoms with Crippen LogP contribution in [0.3, 0.4) is 0 Å². The predicted molar refractivity (Wildman–Crippen MR) is 300 cm³/mol. The van der Waals surface area contributed by atoms with Gasteiger partial charge >= 0.3 is 5.97 Å². The number of ether oxygens (including phenoxy) is 1. The molecule has 0 fully saturated rings. The summed E-state index contributed by atoms with van der Waals surface area (Å²) in [5.74, 6) is -0.637. The summed E-state index contributed by atoms with van der Waals surface area (Å²) in [7, 11) is 0. The maximum absolute atomic E-state index is 13.3. The number of aliphatic hydroxyl groups is 2. The Morgan fingerprint density at radius 3 is 1.16 bits per heavy atom. The molecule has 0 spiro atoms. The Balaban J connectivity index is 4.77. The lowest BCUT2D eigenvalue weighted by Gasteiger charge is -2.24. The highest BCUT2D eigenvalue weighted by atomic mass is 16.5. The maximum atomic E-state index is 13.3. The summed E-state index contributed by atoms with van der Waals surface area (Å²) in [6, 6.07) is -0.744. The van der Waals surface area contributed by atoms with Gasteiger partial charge in [-0.2, -0.15) is 0 Å². The Kier molecular flexibility index (Phi) is 52.2. The maximum Gasteiger partial charge on any atom is 0.306 e. The lowest BCUT2D eigenvalue weighted by molar-refractivity contribution is -0.150. The van der Waals surface area contributed by atoms with Gasteiger partial charge < -0.3 is 20.3 Å². The van der Waals surface area contributed by atoms with E-state index < -0.39 is 18.2 Å². The first-order valence-corrected chi connectivity index (χ1v) is 28.3. The third-order valence-electron chi connectivity index (χ3n) is 12.0. The molecule has 0 aliphatic heterocycles. The molecule has 0 aliphatic carbocycles. The van der Waals surface area contributed by atoms with Crippen LogP contribution in [0.25, 0.3) is 0 Å². The fraction of sp³-hybridized carbons (Fsp3) is 0.651. The van der Waals surface area contributed by atoms with Crippen LogP contribution in [0, 0.1) is 0 Å². The van der Waals surface area contributed by atoms with Crippen LogP contribution >= 0.6 is 0 Å². The van der Waals surface area contributed by atoms with Crippen LogP contribution in [0.4, 0.5) is 0 Å². The number of hydrogen-bond acceptors (Lipinski definition) is 5. The van der Waals surface area contributed by atoms with E-state index in [0.29, 0.717) is 19.3 Å². The number of allylic oxidation sites excluding steroid dienone is 20. The molecule has 3 atom stereocenters. The molecule has 0 aromatic rings. The van der Waals surface area contributed by atoms with Gasteiger partial charge in [-0.1, -0.05) is 251 Å². The lowest BCUT2D eigenvalue weighted by atomic mass is 10.0. The average molecular weight is 957 g/mol. The molecule has 0 aliphatic rings. The monoisotopic (exact) mass is 956 g/mol. The number of nitrogens with one attached hydrogen (secondary N) is 1. The van der Waals surface area contributed by atoms with E-state index in [1.807, 2.05) is 6.08 Å². The quantitative estimate of drug-likeness (QED) is 0.0321. The number of unbranched alkanes of at least 4 members (excludes halogenated alkanes) is 17. The number of hydrogen-bond donors (Lipinski definition) is 3. The summed E-state index contributed by atoms with van der Waals surface area (Å²) >= 11 is 0. The van der Waals surface area contributed by atoms with E-state index in [9.17, 15) is 19.8 Å². The van der Waals surface area contributed by atoms with Gasteiger partial charge in [-0.05, 0) is 96.3 Å². The first-order chi connectivity index (χ1) is 34.0. The molecule has 3 unspecified atom stereocenters. The standard InChI is InChI=1S/C63H105NO5/c1-4-7-10-13-16-19-22-25-28-31-33-36-39-42-45-48-51-54-59(69-63(68)56-53-50-47-44-41-38-35-30-27-24-21-18-15-12-9-6-3)57-62(67)64-60(58-65)61(66)55-52-49-46-43-40-37-34-32-29-26-23-20-17-14-11-8-5-2/h7,9-10,12,16,18-19,21,25,27-28,30,33,36,38,41-42,45,47,50,59-61,65-66H,4-6,8,11,13-15,17,20,22-24,26,29,31-32,34-35,37,39-40,43-44,46,48-49,51-58H2,1-3H3,(H,64,67)/b10-7-,12-9+,19-16-,21-18+,28-25-,30-27+,36-33-,41-38+,45-42-,50-47+. The number of amides is 1. The Hall–Kier alpha value is -3.74. The number of esters is 1. The normalized spacial score (nSPS) is 14.1. The molecule has 392 valence electrons. The van der Waals surface area contributed by atoms with Crippen molar-refractivity contribution >= 4 is 11.9 Å². The van der Waals surface area contributed by atoms with Gasteiger partial charge in [0.2, 0.25) is 5.91 Å². The second kappa shape index (κ2) is 55.2. The van der Waals surface area contributed by atoms with Crippen molar-refractivity contribution in [2.45, 2.75) is 257 Å². The van der Waals surface area contributed by atoms with Crippen LogP contribution in [0.2, 0.25) is 0 Å². The van der Waals surface area contributed by atoms with E-state index in [-0.39, 0.29) is 31.3 Å². The van der Waals surface area contributed by atoms with Crippen molar-refractivity contribution in [2.24, 2.45) is 0 Å². The predicted octanol–water partition coefficient (Wildman–Crippen LogP) is 17.6. The van der Waals surface area contributed by atoms with Crippen LogP contribution < -0.4 is 5.32 Å². The zero-order valence-electron chi connectivity index (χ0n) is 44.6. The molecule has 6 nitrogen and oxygen atoms in total. The van der Waals surface area contributed by atoms with Gasteiger partial charge in [0.1, 0.15) is 6.10 Å². The molecule has 6 heteroatoms. The zero-order chi connectivity index (χ0) is 50.2. The minimum absolute atomic E-state index is 0.00141. The molecule has 0 saturated carbocycles. The Morgan fingerprint density at radius 1 is 0.435 bits per heavy atom. The molecule has 0 bridgehead atoms. The van der Waals surface area contributed by atoms with Gasteiger partial charge in [0.05, 0.1) is 25.2 Å². The lowest BCUT2D eigenvalue weighted by Crippen LogP contribution is -2.46. The highest BCUT2D eigenvalue weighted by Gasteiger charge is 2.24. The van der Waals surface area contributed by atoms with E-state index in [1.165, 1.54) is 89.9 Å². The van der Waals surface area contributed by atoms with E-state index >= 15 is 0 Å². The van der Waals surface area contributed by atoms with Gasteiger partial charge in [0, 0.05) is 6.42 Å². The fourth-order valence-corrected chi connectivity index (χ4v) is 7.86. The molecule has 0 aromatic heterocycles. The zero-order valence-corrected chi connectivity index (χ0v) is 44.6. The smallest absolute Gasteiger partial charge is 0.306 e. The Labute approximate surface area is 425 Å². The van der Waals surface area contributed by atoms with Crippen molar-refractivity contribution in [3.05, 3.63) is 122 Å². The third-order valence-corrected chi connectivity index (χ3v) is 12.0. The summed E-state index contributed by atoms with van der Waals surface area (Å²) < 4.78 is 5.88. The van der Waals surface area contributed by atoms with Crippen molar-refractivity contribution in [2.75, 3.05) is 6.61 Å². The van der Waals surface area contributed by atoms with Crippen molar-refractivity contribution in [1.82, 2.24) is 5.32 Å². The van der Waals surface area contributed by atoms with Crippen molar-refractivity contribution in [3.8, 4) is 0 Å². The van der Waals surface area contributed by atoms with Crippen LogP contribution in [-0.4, -0.2) is 46.9 Å². The molecule has 0 heterocycles.